The third kappa shape index (κ3) is 2.35. The summed E-state index contributed by atoms with van der Waals surface area (Å²) in [6.45, 7) is 0. The lowest BCUT2D eigenvalue weighted by Gasteiger charge is -2.22. The van der Waals surface area contributed by atoms with Gasteiger partial charge in [0, 0.05) is 15.6 Å². The van der Waals surface area contributed by atoms with Gasteiger partial charge in [0.05, 0.1) is 4.58 Å². The van der Waals surface area contributed by atoms with Gasteiger partial charge in [-0.1, -0.05) is 29.3 Å². The molecule has 4 heteroatoms. The molecule has 0 radical (unpaired) electrons. The number of hydrogen-bond acceptors (Lipinski definition) is 2. The van der Waals surface area contributed by atoms with Crippen molar-refractivity contribution in [1.82, 2.24) is 0 Å². The lowest BCUT2D eigenvalue weighted by atomic mass is 10.2. The highest BCUT2D eigenvalue weighted by Crippen LogP contribution is 2.48. The molecule has 0 spiro atoms. The predicted octanol–water partition coefficient (Wildman–Crippen LogP) is 4.86. The molecule has 14 heavy (non-hydrogen) atoms. The Morgan fingerprint density at radius 2 is 1.64 bits per heavy atom. The summed E-state index contributed by atoms with van der Waals surface area (Å²) in [7, 11) is 0. The second-order valence-corrected chi connectivity index (χ2v) is 6.60. The van der Waals surface area contributed by atoms with Gasteiger partial charge in [0.25, 0.3) is 0 Å². The maximum Gasteiger partial charge on any atom is 0.0780 e. The van der Waals surface area contributed by atoms with Crippen molar-refractivity contribution in [2.45, 2.75) is 11.0 Å². The molecule has 1 aromatic rings. The van der Waals surface area contributed by atoms with Crippen LogP contribution in [0, 0.1) is 0 Å². The Hall–Kier alpha value is 0.500. The van der Waals surface area contributed by atoms with Gasteiger partial charge >= 0.3 is 0 Å². The molecule has 76 valence electrons. The summed E-state index contributed by atoms with van der Waals surface area (Å²) in [6.07, 6.45) is 1.29. The molecule has 1 fully saturated rings. The van der Waals surface area contributed by atoms with Crippen molar-refractivity contribution < 1.29 is 0 Å². The SMILES string of the molecule is Clc1cccc(Cl)c1C1SCCCS1. The lowest BCUT2D eigenvalue weighted by Crippen LogP contribution is -2.01. The van der Waals surface area contributed by atoms with Crippen LogP contribution in [-0.2, 0) is 0 Å². The van der Waals surface area contributed by atoms with Crippen molar-refractivity contribution in [2.24, 2.45) is 0 Å². The summed E-state index contributed by atoms with van der Waals surface area (Å²) in [5.74, 6) is 2.42. The van der Waals surface area contributed by atoms with Crippen LogP contribution in [0.2, 0.25) is 10.0 Å². The van der Waals surface area contributed by atoms with E-state index in [1.54, 1.807) is 0 Å². The molecule has 0 amide bonds. The molecule has 0 aliphatic carbocycles. The van der Waals surface area contributed by atoms with E-state index in [4.69, 9.17) is 23.2 Å². The van der Waals surface area contributed by atoms with Crippen LogP contribution < -0.4 is 0 Å². The highest BCUT2D eigenvalue weighted by molar-refractivity contribution is 8.16. The largest absolute Gasteiger partial charge is 0.143 e. The number of halogens is 2. The van der Waals surface area contributed by atoms with Crippen molar-refractivity contribution in [3.63, 3.8) is 0 Å². The van der Waals surface area contributed by atoms with Crippen LogP contribution in [0.3, 0.4) is 0 Å². The third-order valence-corrected chi connectivity index (χ3v) is 5.66. The minimum absolute atomic E-state index is 0.421. The molecule has 0 atom stereocenters. The smallest absolute Gasteiger partial charge is 0.0780 e. The molecule has 0 saturated carbocycles. The topological polar surface area (TPSA) is 0 Å². The van der Waals surface area contributed by atoms with E-state index in [0.29, 0.717) is 4.58 Å². The van der Waals surface area contributed by atoms with Gasteiger partial charge in [-0.15, -0.1) is 23.5 Å². The summed E-state index contributed by atoms with van der Waals surface area (Å²) in [5.41, 5.74) is 1.10. The van der Waals surface area contributed by atoms with Gasteiger partial charge in [-0.25, -0.2) is 0 Å². The van der Waals surface area contributed by atoms with Gasteiger partial charge < -0.3 is 0 Å². The molecule has 0 nitrogen and oxygen atoms in total. The van der Waals surface area contributed by atoms with E-state index >= 15 is 0 Å². The quantitative estimate of drug-likeness (QED) is 0.711. The summed E-state index contributed by atoms with van der Waals surface area (Å²) in [6, 6.07) is 5.73. The Bertz CT molecular complexity index is 302. The zero-order valence-corrected chi connectivity index (χ0v) is 10.6. The molecule has 1 heterocycles. The van der Waals surface area contributed by atoms with Crippen LogP contribution >= 0.6 is 46.7 Å². The van der Waals surface area contributed by atoms with Crippen molar-refractivity contribution in [2.75, 3.05) is 11.5 Å². The second kappa shape index (κ2) is 5.02. The van der Waals surface area contributed by atoms with E-state index in [-0.39, 0.29) is 0 Å². The zero-order chi connectivity index (χ0) is 9.97. The maximum atomic E-state index is 6.15. The average molecular weight is 265 g/mol. The fraction of sp³-hybridized carbons (Fsp3) is 0.400. The number of hydrogen-bond donors (Lipinski definition) is 0. The minimum atomic E-state index is 0.421. The summed E-state index contributed by atoms with van der Waals surface area (Å²) in [4.78, 5) is 0. The Labute approximate surface area is 103 Å². The Morgan fingerprint density at radius 1 is 1.07 bits per heavy atom. The van der Waals surface area contributed by atoms with Crippen LogP contribution in [0.1, 0.15) is 16.6 Å². The fourth-order valence-corrected chi connectivity index (χ4v) is 5.30. The average Bonchev–Trinajstić information content (AvgIpc) is 2.19. The highest BCUT2D eigenvalue weighted by Gasteiger charge is 2.21. The van der Waals surface area contributed by atoms with Crippen molar-refractivity contribution in [1.29, 1.82) is 0 Å². The van der Waals surface area contributed by atoms with Gasteiger partial charge in [0.2, 0.25) is 0 Å². The third-order valence-electron chi connectivity index (χ3n) is 2.06. The van der Waals surface area contributed by atoms with Crippen LogP contribution in [0.25, 0.3) is 0 Å². The van der Waals surface area contributed by atoms with Crippen molar-refractivity contribution in [3.8, 4) is 0 Å². The van der Waals surface area contributed by atoms with Crippen LogP contribution in [0.15, 0.2) is 18.2 Å². The molecule has 0 bridgehead atoms. The monoisotopic (exact) mass is 264 g/mol. The molecule has 1 saturated heterocycles. The Balaban J connectivity index is 2.29. The van der Waals surface area contributed by atoms with E-state index in [1.165, 1.54) is 17.9 Å². The number of thioether (sulfide) groups is 2. The predicted molar refractivity (Wildman–Crippen MR) is 68.7 cm³/mol. The Kier molecular flexibility index (Phi) is 3.94. The first kappa shape index (κ1) is 11.0. The fourth-order valence-electron chi connectivity index (χ4n) is 1.39. The van der Waals surface area contributed by atoms with Crippen molar-refractivity contribution in [3.05, 3.63) is 33.8 Å². The summed E-state index contributed by atoms with van der Waals surface area (Å²) < 4.78 is 0.421. The van der Waals surface area contributed by atoms with Crippen LogP contribution in [0.4, 0.5) is 0 Å². The van der Waals surface area contributed by atoms with Crippen LogP contribution in [0.5, 0.6) is 0 Å². The van der Waals surface area contributed by atoms with Crippen LogP contribution in [-0.4, -0.2) is 11.5 Å². The molecule has 2 rings (SSSR count). The first-order valence-corrected chi connectivity index (χ1v) is 7.31. The molecule has 1 aromatic carbocycles. The van der Waals surface area contributed by atoms with Gasteiger partial charge in [-0.2, -0.15) is 0 Å². The van der Waals surface area contributed by atoms with Crippen molar-refractivity contribution >= 4 is 46.7 Å². The van der Waals surface area contributed by atoms with Gasteiger partial charge in [-0.3, -0.25) is 0 Å². The first-order chi connectivity index (χ1) is 6.79. The molecular formula is C10H10Cl2S2. The van der Waals surface area contributed by atoms with Gasteiger partial charge in [0.1, 0.15) is 0 Å². The molecular weight excluding hydrogens is 255 g/mol. The van der Waals surface area contributed by atoms with E-state index in [9.17, 15) is 0 Å². The van der Waals surface area contributed by atoms with E-state index in [0.717, 1.165) is 15.6 Å². The highest BCUT2D eigenvalue weighted by atomic mass is 35.5. The number of benzene rings is 1. The summed E-state index contributed by atoms with van der Waals surface area (Å²) in [5, 5.41) is 1.59. The van der Waals surface area contributed by atoms with E-state index in [1.807, 2.05) is 41.7 Å². The first-order valence-electron chi connectivity index (χ1n) is 4.46. The van der Waals surface area contributed by atoms with Gasteiger partial charge in [0.15, 0.2) is 0 Å². The van der Waals surface area contributed by atoms with E-state index < -0.39 is 0 Å². The molecule has 0 aromatic heterocycles. The molecule has 1 aliphatic rings. The number of rotatable bonds is 1. The summed E-state index contributed by atoms with van der Waals surface area (Å²) >= 11 is 16.2. The maximum absolute atomic E-state index is 6.15. The van der Waals surface area contributed by atoms with Gasteiger partial charge in [-0.05, 0) is 30.1 Å². The van der Waals surface area contributed by atoms with E-state index in [2.05, 4.69) is 0 Å². The second-order valence-electron chi connectivity index (χ2n) is 3.06. The lowest BCUT2D eigenvalue weighted by molar-refractivity contribution is 1.10. The molecule has 0 N–H and O–H groups in total. The molecule has 1 aliphatic heterocycles. The minimum Gasteiger partial charge on any atom is -0.143 e. The zero-order valence-electron chi connectivity index (χ0n) is 7.50. The standard InChI is InChI=1S/C10H10Cl2S2/c11-7-3-1-4-8(12)9(7)10-13-5-2-6-14-10/h1,3-4,10H,2,5-6H2. The molecule has 0 unspecified atom stereocenters. The normalized spacial score (nSPS) is 18.4. The Morgan fingerprint density at radius 3 is 2.21 bits per heavy atom.